The molecular formula is C15H23Cl2NO2. The minimum atomic E-state index is 0.0790. The van der Waals surface area contributed by atoms with E-state index in [1.807, 2.05) is 13.0 Å². The fourth-order valence-corrected chi connectivity index (χ4v) is 2.42. The van der Waals surface area contributed by atoms with Gasteiger partial charge in [-0.25, -0.2) is 0 Å². The van der Waals surface area contributed by atoms with Gasteiger partial charge in [-0.2, -0.15) is 0 Å². The molecule has 3 nitrogen and oxygen atoms in total. The third-order valence-electron chi connectivity index (χ3n) is 2.98. The minimum absolute atomic E-state index is 0.0790. The van der Waals surface area contributed by atoms with Gasteiger partial charge in [0.05, 0.1) is 11.6 Å². The number of nitrogens with two attached hydrogens (primary N) is 1. The first-order valence-electron chi connectivity index (χ1n) is 7.02. The van der Waals surface area contributed by atoms with Crippen molar-refractivity contribution in [1.29, 1.82) is 0 Å². The van der Waals surface area contributed by atoms with Gasteiger partial charge in [-0.3, -0.25) is 0 Å². The summed E-state index contributed by atoms with van der Waals surface area (Å²) in [6, 6.07) is 3.65. The second-order valence-corrected chi connectivity index (χ2v) is 5.49. The van der Waals surface area contributed by atoms with Crippen LogP contribution in [0.1, 0.15) is 32.3 Å². The second kappa shape index (κ2) is 9.46. The molecule has 1 aromatic carbocycles. The molecule has 20 heavy (non-hydrogen) atoms. The molecule has 0 aromatic heterocycles. The van der Waals surface area contributed by atoms with E-state index in [1.165, 1.54) is 0 Å². The number of hydrogen-bond acceptors (Lipinski definition) is 3. The summed E-state index contributed by atoms with van der Waals surface area (Å²) < 4.78 is 11.1. The largest absolute Gasteiger partial charge is 0.492 e. The van der Waals surface area contributed by atoms with Crippen molar-refractivity contribution in [1.82, 2.24) is 0 Å². The number of rotatable bonds is 9. The SMILES string of the molecule is CCOCCCOc1c(Cl)cc(Cl)cc1CC(N)CC. The van der Waals surface area contributed by atoms with E-state index in [-0.39, 0.29) is 6.04 Å². The number of ether oxygens (including phenoxy) is 2. The van der Waals surface area contributed by atoms with Crippen molar-refractivity contribution in [3.8, 4) is 5.75 Å². The highest BCUT2D eigenvalue weighted by atomic mass is 35.5. The average molecular weight is 320 g/mol. The summed E-state index contributed by atoms with van der Waals surface area (Å²) in [5.74, 6) is 0.691. The van der Waals surface area contributed by atoms with E-state index in [1.54, 1.807) is 6.07 Å². The maximum absolute atomic E-state index is 6.22. The monoisotopic (exact) mass is 319 g/mol. The molecule has 114 valence electrons. The molecule has 0 aliphatic carbocycles. The van der Waals surface area contributed by atoms with Crippen LogP contribution >= 0.6 is 23.2 Å². The average Bonchev–Trinajstić information content (AvgIpc) is 2.40. The topological polar surface area (TPSA) is 44.5 Å². The molecule has 0 aliphatic heterocycles. The Morgan fingerprint density at radius 1 is 1.20 bits per heavy atom. The van der Waals surface area contributed by atoms with Gasteiger partial charge in [0.2, 0.25) is 0 Å². The molecule has 5 heteroatoms. The molecule has 1 aromatic rings. The lowest BCUT2D eigenvalue weighted by Gasteiger charge is -2.16. The highest BCUT2D eigenvalue weighted by molar-refractivity contribution is 6.35. The van der Waals surface area contributed by atoms with Crippen LogP contribution in [0.5, 0.6) is 5.75 Å². The van der Waals surface area contributed by atoms with Gasteiger partial charge in [0.25, 0.3) is 0 Å². The zero-order valence-electron chi connectivity index (χ0n) is 12.1. The summed E-state index contributed by atoms with van der Waals surface area (Å²) in [5, 5.41) is 1.14. The Labute approximate surface area is 131 Å². The molecule has 0 spiro atoms. The molecule has 1 unspecified atom stereocenters. The van der Waals surface area contributed by atoms with E-state index in [0.29, 0.717) is 35.4 Å². The van der Waals surface area contributed by atoms with Crippen molar-refractivity contribution in [2.75, 3.05) is 19.8 Å². The fraction of sp³-hybridized carbons (Fsp3) is 0.600. The van der Waals surface area contributed by atoms with Crippen LogP contribution in [0.3, 0.4) is 0 Å². The maximum Gasteiger partial charge on any atom is 0.141 e. The Morgan fingerprint density at radius 2 is 1.95 bits per heavy atom. The van der Waals surface area contributed by atoms with E-state index in [0.717, 1.165) is 25.0 Å². The molecule has 0 radical (unpaired) electrons. The summed E-state index contributed by atoms with van der Waals surface area (Å²) in [4.78, 5) is 0. The quantitative estimate of drug-likeness (QED) is 0.697. The normalized spacial score (nSPS) is 12.4. The van der Waals surface area contributed by atoms with Crippen LogP contribution < -0.4 is 10.5 Å². The van der Waals surface area contributed by atoms with Gasteiger partial charge >= 0.3 is 0 Å². The molecule has 2 N–H and O–H groups in total. The highest BCUT2D eigenvalue weighted by Crippen LogP contribution is 2.33. The number of benzene rings is 1. The lowest BCUT2D eigenvalue weighted by molar-refractivity contribution is 0.130. The van der Waals surface area contributed by atoms with Crippen molar-refractivity contribution in [2.45, 2.75) is 39.2 Å². The zero-order valence-corrected chi connectivity index (χ0v) is 13.6. The summed E-state index contributed by atoms with van der Waals surface area (Å²) in [6.45, 7) is 6.00. The molecule has 0 bridgehead atoms. The van der Waals surface area contributed by atoms with Crippen LogP contribution in [0, 0.1) is 0 Å². The molecular weight excluding hydrogens is 297 g/mol. The summed E-state index contributed by atoms with van der Waals surface area (Å²) in [5.41, 5.74) is 6.97. The van der Waals surface area contributed by atoms with Crippen molar-refractivity contribution >= 4 is 23.2 Å². The number of hydrogen-bond donors (Lipinski definition) is 1. The molecule has 0 fully saturated rings. The van der Waals surface area contributed by atoms with E-state index in [9.17, 15) is 0 Å². The van der Waals surface area contributed by atoms with E-state index >= 15 is 0 Å². The van der Waals surface area contributed by atoms with Gasteiger partial charge in [0, 0.05) is 30.7 Å². The molecule has 0 saturated carbocycles. The standard InChI is InChI=1S/C15H23Cl2NO2/c1-3-13(18)9-11-8-12(16)10-14(17)15(11)20-7-5-6-19-4-2/h8,10,13H,3-7,9,18H2,1-2H3. The van der Waals surface area contributed by atoms with E-state index in [2.05, 4.69) is 6.92 Å². The molecule has 1 rings (SSSR count). The first-order valence-corrected chi connectivity index (χ1v) is 7.78. The van der Waals surface area contributed by atoms with Crippen LogP contribution in [0.2, 0.25) is 10.0 Å². The summed E-state index contributed by atoms with van der Waals surface area (Å²) in [6.07, 6.45) is 2.43. The van der Waals surface area contributed by atoms with Gasteiger partial charge in [0.15, 0.2) is 0 Å². The van der Waals surface area contributed by atoms with Gasteiger partial charge in [-0.05, 0) is 37.5 Å². The molecule has 0 amide bonds. The predicted octanol–water partition coefficient (Wildman–Crippen LogP) is 4.08. The first kappa shape index (κ1) is 17.6. The predicted molar refractivity (Wildman–Crippen MR) is 85.0 cm³/mol. The smallest absolute Gasteiger partial charge is 0.141 e. The van der Waals surface area contributed by atoms with Gasteiger partial charge in [-0.15, -0.1) is 0 Å². The van der Waals surface area contributed by atoms with Gasteiger partial charge in [-0.1, -0.05) is 30.1 Å². The minimum Gasteiger partial charge on any atom is -0.492 e. The zero-order chi connectivity index (χ0) is 15.0. The summed E-state index contributed by atoms with van der Waals surface area (Å²) >= 11 is 12.3. The van der Waals surface area contributed by atoms with Crippen LogP contribution in [-0.4, -0.2) is 25.9 Å². The second-order valence-electron chi connectivity index (χ2n) is 4.65. The maximum atomic E-state index is 6.22. The third kappa shape index (κ3) is 5.88. The lowest BCUT2D eigenvalue weighted by atomic mass is 10.0. The molecule has 0 saturated heterocycles. The molecule has 0 aliphatic rings. The van der Waals surface area contributed by atoms with Crippen molar-refractivity contribution in [2.24, 2.45) is 5.73 Å². The third-order valence-corrected chi connectivity index (χ3v) is 3.47. The Balaban J connectivity index is 2.71. The van der Waals surface area contributed by atoms with Crippen molar-refractivity contribution in [3.63, 3.8) is 0 Å². The molecule has 1 atom stereocenters. The van der Waals surface area contributed by atoms with Crippen molar-refractivity contribution in [3.05, 3.63) is 27.7 Å². The van der Waals surface area contributed by atoms with Crippen LogP contribution in [0.4, 0.5) is 0 Å². The van der Waals surface area contributed by atoms with E-state index < -0.39 is 0 Å². The van der Waals surface area contributed by atoms with Gasteiger partial charge < -0.3 is 15.2 Å². The Bertz CT molecular complexity index is 413. The Morgan fingerprint density at radius 3 is 2.60 bits per heavy atom. The summed E-state index contributed by atoms with van der Waals surface area (Å²) in [7, 11) is 0. The van der Waals surface area contributed by atoms with Crippen molar-refractivity contribution < 1.29 is 9.47 Å². The van der Waals surface area contributed by atoms with Gasteiger partial charge in [0.1, 0.15) is 5.75 Å². The van der Waals surface area contributed by atoms with Crippen LogP contribution in [0.25, 0.3) is 0 Å². The lowest BCUT2D eigenvalue weighted by Crippen LogP contribution is -2.22. The Kier molecular flexibility index (Phi) is 8.31. The van der Waals surface area contributed by atoms with Crippen LogP contribution in [0.15, 0.2) is 12.1 Å². The first-order chi connectivity index (χ1) is 9.58. The fourth-order valence-electron chi connectivity index (χ4n) is 1.83. The van der Waals surface area contributed by atoms with E-state index in [4.69, 9.17) is 38.4 Å². The Hall–Kier alpha value is -0.480. The molecule has 0 heterocycles. The van der Waals surface area contributed by atoms with Crippen LogP contribution in [-0.2, 0) is 11.2 Å². The number of halogens is 2. The highest BCUT2D eigenvalue weighted by Gasteiger charge is 2.13.